The Balaban J connectivity index is 2.13. The second kappa shape index (κ2) is 3.05. The topological polar surface area (TPSA) is 44.2 Å². The van der Waals surface area contributed by atoms with Gasteiger partial charge in [0.05, 0.1) is 12.3 Å². The number of ether oxygens (including phenoxy) is 2. The highest BCUT2D eigenvalue weighted by atomic mass is 16.7. The van der Waals surface area contributed by atoms with Crippen molar-refractivity contribution in [2.75, 3.05) is 6.61 Å². The van der Waals surface area contributed by atoms with E-state index in [1.807, 2.05) is 26.0 Å². The molecule has 13 heavy (non-hydrogen) atoms. The molecule has 1 saturated heterocycles. The summed E-state index contributed by atoms with van der Waals surface area (Å²) in [6.45, 7) is 4.33. The highest BCUT2D eigenvalue weighted by Crippen LogP contribution is 2.31. The fraction of sp³-hybridized carbons (Fsp3) is 0.556. The molecule has 1 fully saturated rings. The molecule has 0 spiro atoms. The molecule has 70 valence electrons. The monoisotopic (exact) mass is 180 g/mol. The maximum atomic E-state index is 5.61. The number of hydrogen-bond acceptors (Lipinski definition) is 4. The molecule has 1 atom stereocenters. The Kier molecular flexibility index (Phi) is 2.01. The normalized spacial score (nSPS) is 26.2. The van der Waals surface area contributed by atoms with Crippen LogP contribution in [0.4, 0.5) is 0 Å². The van der Waals surface area contributed by atoms with E-state index in [1.165, 1.54) is 0 Å². The van der Waals surface area contributed by atoms with Crippen molar-refractivity contribution in [2.24, 2.45) is 0 Å². The largest absolute Gasteiger partial charge is 0.347 e. The molecule has 0 saturated carbocycles. The smallest absolute Gasteiger partial charge is 0.163 e. The Bertz CT molecular complexity index is 287. The lowest BCUT2D eigenvalue weighted by Gasteiger charge is -2.16. The van der Waals surface area contributed by atoms with Crippen LogP contribution in [0.2, 0.25) is 0 Å². The first-order valence-electron chi connectivity index (χ1n) is 4.27. The second-order valence-corrected chi connectivity index (χ2v) is 3.47. The lowest BCUT2D eigenvalue weighted by Crippen LogP contribution is -2.19. The lowest BCUT2D eigenvalue weighted by atomic mass is 10.2. The van der Waals surface area contributed by atoms with Crippen molar-refractivity contribution in [2.45, 2.75) is 25.7 Å². The quantitative estimate of drug-likeness (QED) is 0.653. The fourth-order valence-corrected chi connectivity index (χ4v) is 1.32. The van der Waals surface area contributed by atoms with Gasteiger partial charge in [-0.2, -0.15) is 10.2 Å². The van der Waals surface area contributed by atoms with E-state index < -0.39 is 5.79 Å². The minimum Gasteiger partial charge on any atom is -0.347 e. The van der Waals surface area contributed by atoms with Crippen LogP contribution in [0.3, 0.4) is 0 Å². The molecule has 1 aromatic rings. The maximum absolute atomic E-state index is 5.61. The van der Waals surface area contributed by atoms with E-state index in [4.69, 9.17) is 9.47 Å². The van der Waals surface area contributed by atoms with Gasteiger partial charge in [-0.25, -0.2) is 0 Å². The molecule has 0 N–H and O–H groups in total. The van der Waals surface area contributed by atoms with Gasteiger partial charge in [0.1, 0.15) is 6.10 Å². The Morgan fingerprint density at radius 1 is 1.54 bits per heavy atom. The van der Waals surface area contributed by atoms with Crippen LogP contribution in [0.15, 0.2) is 18.3 Å². The number of hydrogen-bond donors (Lipinski definition) is 0. The van der Waals surface area contributed by atoms with E-state index in [0.717, 1.165) is 5.69 Å². The molecule has 0 aliphatic carbocycles. The first kappa shape index (κ1) is 8.59. The fourth-order valence-electron chi connectivity index (χ4n) is 1.32. The van der Waals surface area contributed by atoms with Crippen molar-refractivity contribution in [1.29, 1.82) is 0 Å². The van der Waals surface area contributed by atoms with E-state index in [-0.39, 0.29) is 6.10 Å². The van der Waals surface area contributed by atoms with Gasteiger partial charge in [-0.1, -0.05) is 0 Å². The van der Waals surface area contributed by atoms with E-state index in [2.05, 4.69) is 10.2 Å². The minimum atomic E-state index is -0.498. The number of aromatic nitrogens is 2. The lowest BCUT2D eigenvalue weighted by molar-refractivity contribution is -0.139. The summed E-state index contributed by atoms with van der Waals surface area (Å²) in [5, 5.41) is 7.76. The molecule has 1 aliphatic rings. The van der Waals surface area contributed by atoms with Crippen molar-refractivity contribution in [1.82, 2.24) is 10.2 Å². The Morgan fingerprint density at radius 2 is 2.38 bits per heavy atom. The molecule has 0 aromatic carbocycles. The van der Waals surface area contributed by atoms with Gasteiger partial charge in [-0.15, -0.1) is 0 Å². The highest BCUT2D eigenvalue weighted by molar-refractivity contribution is 5.04. The van der Waals surface area contributed by atoms with Crippen LogP contribution in [-0.2, 0) is 9.47 Å². The van der Waals surface area contributed by atoms with Crippen LogP contribution in [0.5, 0.6) is 0 Å². The van der Waals surface area contributed by atoms with Crippen LogP contribution >= 0.6 is 0 Å². The molecule has 4 nitrogen and oxygen atoms in total. The molecule has 0 amide bonds. The van der Waals surface area contributed by atoms with E-state index in [0.29, 0.717) is 6.61 Å². The summed E-state index contributed by atoms with van der Waals surface area (Å²) < 4.78 is 11.0. The third-order valence-corrected chi connectivity index (χ3v) is 1.93. The van der Waals surface area contributed by atoms with Crippen LogP contribution in [0.1, 0.15) is 25.6 Å². The standard InChI is InChI=1S/C9H12N2O2/c1-9(2)12-6-8(13-9)7-4-3-5-10-11-7/h3-5,8H,6H2,1-2H3. The van der Waals surface area contributed by atoms with Crippen molar-refractivity contribution < 1.29 is 9.47 Å². The molecule has 1 unspecified atom stereocenters. The van der Waals surface area contributed by atoms with Crippen LogP contribution in [0.25, 0.3) is 0 Å². The van der Waals surface area contributed by atoms with Gasteiger partial charge in [0.2, 0.25) is 0 Å². The Morgan fingerprint density at radius 3 is 2.92 bits per heavy atom. The van der Waals surface area contributed by atoms with Crippen molar-refractivity contribution >= 4 is 0 Å². The van der Waals surface area contributed by atoms with Gasteiger partial charge in [0.15, 0.2) is 5.79 Å². The molecular formula is C9H12N2O2. The predicted molar refractivity (Wildman–Crippen MR) is 45.9 cm³/mol. The maximum Gasteiger partial charge on any atom is 0.163 e. The molecule has 1 aromatic heterocycles. The molecule has 1 aliphatic heterocycles. The first-order chi connectivity index (χ1) is 6.17. The highest BCUT2D eigenvalue weighted by Gasteiger charge is 2.34. The van der Waals surface area contributed by atoms with Crippen LogP contribution in [0, 0.1) is 0 Å². The zero-order valence-electron chi connectivity index (χ0n) is 7.73. The van der Waals surface area contributed by atoms with Gasteiger partial charge in [-0.05, 0) is 26.0 Å². The average molecular weight is 180 g/mol. The van der Waals surface area contributed by atoms with Crippen LogP contribution in [-0.4, -0.2) is 22.6 Å². The van der Waals surface area contributed by atoms with Crippen molar-refractivity contribution in [3.8, 4) is 0 Å². The van der Waals surface area contributed by atoms with E-state index in [1.54, 1.807) is 6.20 Å². The second-order valence-electron chi connectivity index (χ2n) is 3.47. The van der Waals surface area contributed by atoms with E-state index >= 15 is 0 Å². The molecule has 0 bridgehead atoms. The number of rotatable bonds is 1. The average Bonchev–Trinajstić information content (AvgIpc) is 2.48. The Hall–Kier alpha value is -1.00. The van der Waals surface area contributed by atoms with Gasteiger partial charge in [0, 0.05) is 6.20 Å². The van der Waals surface area contributed by atoms with Crippen molar-refractivity contribution in [3.05, 3.63) is 24.0 Å². The summed E-state index contributed by atoms with van der Waals surface area (Å²) in [5.41, 5.74) is 0.827. The van der Waals surface area contributed by atoms with Crippen molar-refractivity contribution in [3.63, 3.8) is 0 Å². The summed E-state index contributed by atoms with van der Waals surface area (Å²) in [5.74, 6) is -0.498. The summed E-state index contributed by atoms with van der Waals surface area (Å²) in [6, 6.07) is 3.74. The summed E-state index contributed by atoms with van der Waals surface area (Å²) in [7, 11) is 0. The first-order valence-corrected chi connectivity index (χ1v) is 4.27. The van der Waals surface area contributed by atoms with Gasteiger partial charge in [-0.3, -0.25) is 0 Å². The number of nitrogens with zero attached hydrogens (tertiary/aromatic N) is 2. The molecule has 0 radical (unpaired) electrons. The third-order valence-electron chi connectivity index (χ3n) is 1.93. The SMILES string of the molecule is CC1(C)OCC(c2cccnn2)O1. The summed E-state index contributed by atoms with van der Waals surface area (Å²) in [4.78, 5) is 0. The summed E-state index contributed by atoms with van der Waals surface area (Å²) in [6.07, 6.45) is 1.56. The van der Waals surface area contributed by atoms with E-state index in [9.17, 15) is 0 Å². The minimum absolute atomic E-state index is 0.0799. The summed E-state index contributed by atoms with van der Waals surface area (Å²) >= 11 is 0. The van der Waals surface area contributed by atoms with Gasteiger partial charge < -0.3 is 9.47 Å². The van der Waals surface area contributed by atoms with Crippen LogP contribution < -0.4 is 0 Å². The van der Waals surface area contributed by atoms with Gasteiger partial charge in [0.25, 0.3) is 0 Å². The zero-order chi connectivity index (χ0) is 9.31. The molecular weight excluding hydrogens is 168 g/mol. The molecule has 2 heterocycles. The molecule has 2 rings (SSSR count). The zero-order valence-corrected chi connectivity index (χ0v) is 7.73. The third kappa shape index (κ3) is 1.84. The predicted octanol–water partition coefficient (Wildman–Crippen LogP) is 1.30. The molecule has 4 heteroatoms. The van der Waals surface area contributed by atoms with Gasteiger partial charge >= 0.3 is 0 Å². The Labute approximate surface area is 76.9 Å².